The summed E-state index contributed by atoms with van der Waals surface area (Å²) in [5, 5.41) is 6.61. The van der Waals surface area contributed by atoms with Crippen molar-refractivity contribution < 1.29 is 4.79 Å². The Bertz CT molecular complexity index is 294. The summed E-state index contributed by atoms with van der Waals surface area (Å²) in [6, 6.07) is 0.421. The average molecular weight is 283 g/mol. The summed E-state index contributed by atoms with van der Waals surface area (Å²) in [5.74, 6) is 0.828. The van der Waals surface area contributed by atoms with Gasteiger partial charge in [-0.05, 0) is 45.8 Å². The summed E-state index contributed by atoms with van der Waals surface area (Å²) in [6.07, 6.45) is 5.26. The molecule has 1 rings (SSSR count). The van der Waals surface area contributed by atoms with Crippen LogP contribution < -0.4 is 10.6 Å². The van der Waals surface area contributed by atoms with Crippen LogP contribution >= 0.6 is 0 Å². The molecule has 0 aromatic heterocycles. The van der Waals surface area contributed by atoms with Crippen LogP contribution in [0, 0.1) is 5.92 Å². The number of amides is 1. The minimum absolute atomic E-state index is 0.190. The first-order valence-electron chi connectivity index (χ1n) is 8.20. The fraction of sp³-hybridized carbons (Fsp3) is 0.938. The van der Waals surface area contributed by atoms with Gasteiger partial charge >= 0.3 is 0 Å². The topological polar surface area (TPSA) is 44.4 Å². The first-order valence-corrected chi connectivity index (χ1v) is 8.20. The fourth-order valence-corrected chi connectivity index (χ4v) is 3.43. The number of nitrogens with one attached hydrogen (secondary N) is 2. The number of rotatable bonds is 8. The van der Waals surface area contributed by atoms with E-state index in [1.165, 1.54) is 0 Å². The highest BCUT2D eigenvalue weighted by Crippen LogP contribution is 2.23. The van der Waals surface area contributed by atoms with Crippen LogP contribution in [0.3, 0.4) is 0 Å². The summed E-state index contributed by atoms with van der Waals surface area (Å²) >= 11 is 0. The molecule has 118 valence electrons. The molecule has 0 aromatic rings. The minimum Gasteiger partial charge on any atom is -0.353 e. The molecule has 1 aliphatic heterocycles. The van der Waals surface area contributed by atoms with Crippen molar-refractivity contribution >= 4 is 5.91 Å². The van der Waals surface area contributed by atoms with E-state index in [-0.39, 0.29) is 11.4 Å². The van der Waals surface area contributed by atoms with Crippen LogP contribution in [0.1, 0.15) is 52.9 Å². The third-order valence-corrected chi connectivity index (χ3v) is 5.01. The molecule has 2 unspecified atom stereocenters. The number of nitrogens with zero attached hydrogens (tertiary/aromatic N) is 1. The van der Waals surface area contributed by atoms with E-state index in [4.69, 9.17) is 0 Å². The van der Waals surface area contributed by atoms with E-state index in [2.05, 4.69) is 50.4 Å². The van der Waals surface area contributed by atoms with Gasteiger partial charge in [-0.15, -0.1) is 0 Å². The molecular weight excluding hydrogens is 250 g/mol. The van der Waals surface area contributed by atoms with E-state index < -0.39 is 0 Å². The zero-order valence-electron chi connectivity index (χ0n) is 14.0. The third kappa shape index (κ3) is 3.95. The molecule has 1 heterocycles. The van der Waals surface area contributed by atoms with Crippen LogP contribution in [0.25, 0.3) is 0 Å². The summed E-state index contributed by atoms with van der Waals surface area (Å²) in [7, 11) is 4.22. The van der Waals surface area contributed by atoms with Crippen LogP contribution in [0.15, 0.2) is 0 Å². The number of likely N-dealkylation sites (N-methyl/N-ethyl adjacent to an activating group) is 1. The van der Waals surface area contributed by atoms with Gasteiger partial charge in [0, 0.05) is 12.6 Å². The highest BCUT2D eigenvalue weighted by atomic mass is 16.2. The van der Waals surface area contributed by atoms with E-state index in [0.29, 0.717) is 12.0 Å². The van der Waals surface area contributed by atoms with Gasteiger partial charge < -0.3 is 15.5 Å². The Morgan fingerprint density at radius 3 is 2.35 bits per heavy atom. The first kappa shape index (κ1) is 17.4. The van der Waals surface area contributed by atoms with Crippen molar-refractivity contribution in [3.8, 4) is 0 Å². The highest BCUT2D eigenvalue weighted by Gasteiger charge is 2.39. The largest absolute Gasteiger partial charge is 0.353 e. The average Bonchev–Trinajstić information content (AvgIpc) is 2.92. The normalized spacial score (nSPS) is 24.4. The molecule has 2 N–H and O–H groups in total. The molecule has 1 aliphatic rings. The summed E-state index contributed by atoms with van der Waals surface area (Å²) in [6.45, 7) is 8.28. The maximum Gasteiger partial charge on any atom is 0.240 e. The summed E-state index contributed by atoms with van der Waals surface area (Å²) in [4.78, 5) is 14.8. The lowest BCUT2D eigenvalue weighted by atomic mass is 9.91. The van der Waals surface area contributed by atoms with E-state index in [9.17, 15) is 4.79 Å². The van der Waals surface area contributed by atoms with Gasteiger partial charge in [0.05, 0.1) is 5.54 Å². The first-order chi connectivity index (χ1) is 9.50. The van der Waals surface area contributed by atoms with E-state index in [0.717, 1.165) is 45.2 Å². The number of carbonyl (C=O) groups excluding carboxylic acids is 1. The standard InChI is InChI=1S/C16H33N3O/c1-6-13(7-2)14(19(4)5)12-17-15(20)16(8-3)10-9-11-18-16/h13-14,18H,6-12H2,1-5H3,(H,17,20). The predicted molar refractivity (Wildman–Crippen MR) is 84.8 cm³/mol. The van der Waals surface area contributed by atoms with Crippen LogP contribution in [0.2, 0.25) is 0 Å². The second-order valence-corrected chi connectivity index (χ2v) is 6.28. The van der Waals surface area contributed by atoms with Gasteiger partial charge in [-0.3, -0.25) is 4.79 Å². The second kappa shape index (κ2) is 7.99. The van der Waals surface area contributed by atoms with Gasteiger partial charge in [0.1, 0.15) is 0 Å². The molecule has 0 aliphatic carbocycles. The predicted octanol–water partition coefficient (Wildman–Crippen LogP) is 2.00. The Hall–Kier alpha value is -0.610. The maximum atomic E-state index is 12.5. The van der Waals surface area contributed by atoms with Crippen molar-refractivity contribution in [2.24, 2.45) is 5.92 Å². The van der Waals surface area contributed by atoms with E-state index in [1.807, 2.05) is 0 Å². The Morgan fingerprint density at radius 1 is 1.30 bits per heavy atom. The number of carbonyl (C=O) groups is 1. The van der Waals surface area contributed by atoms with Crippen molar-refractivity contribution in [3.63, 3.8) is 0 Å². The van der Waals surface area contributed by atoms with Gasteiger partial charge in [0.15, 0.2) is 0 Å². The summed E-state index contributed by atoms with van der Waals surface area (Å²) in [5.41, 5.74) is -0.315. The molecule has 20 heavy (non-hydrogen) atoms. The fourth-order valence-electron chi connectivity index (χ4n) is 3.43. The smallest absolute Gasteiger partial charge is 0.240 e. The lowest BCUT2D eigenvalue weighted by molar-refractivity contribution is -0.127. The lowest BCUT2D eigenvalue weighted by Gasteiger charge is -2.33. The Balaban J connectivity index is 2.60. The highest BCUT2D eigenvalue weighted by molar-refractivity contribution is 5.86. The van der Waals surface area contributed by atoms with E-state index >= 15 is 0 Å². The maximum absolute atomic E-state index is 12.5. The van der Waals surface area contributed by atoms with Gasteiger partial charge in [-0.1, -0.05) is 33.6 Å². The second-order valence-electron chi connectivity index (χ2n) is 6.28. The SMILES string of the molecule is CCC(CC)C(CNC(=O)C1(CC)CCCN1)N(C)C. The lowest BCUT2D eigenvalue weighted by Crippen LogP contribution is -2.55. The molecule has 0 aromatic carbocycles. The zero-order chi connectivity index (χ0) is 15.2. The quantitative estimate of drug-likeness (QED) is 0.716. The Morgan fingerprint density at radius 2 is 1.95 bits per heavy atom. The molecule has 0 saturated carbocycles. The number of hydrogen-bond donors (Lipinski definition) is 2. The van der Waals surface area contributed by atoms with Crippen molar-refractivity contribution in [2.75, 3.05) is 27.2 Å². The molecule has 4 heteroatoms. The Labute approximate surface area is 124 Å². The number of hydrogen-bond acceptors (Lipinski definition) is 3. The van der Waals surface area contributed by atoms with Crippen LogP contribution in [-0.2, 0) is 4.79 Å². The molecule has 0 bridgehead atoms. The van der Waals surface area contributed by atoms with Crippen molar-refractivity contribution in [3.05, 3.63) is 0 Å². The van der Waals surface area contributed by atoms with Crippen LogP contribution in [0.5, 0.6) is 0 Å². The van der Waals surface area contributed by atoms with Crippen molar-refractivity contribution in [2.45, 2.75) is 64.5 Å². The zero-order valence-corrected chi connectivity index (χ0v) is 14.0. The van der Waals surface area contributed by atoms with Gasteiger partial charge in [0.2, 0.25) is 5.91 Å². The third-order valence-electron chi connectivity index (χ3n) is 5.01. The molecule has 1 fully saturated rings. The molecule has 2 atom stereocenters. The van der Waals surface area contributed by atoms with Crippen LogP contribution in [0.4, 0.5) is 0 Å². The van der Waals surface area contributed by atoms with Gasteiger partial charge in [0.25, 0.3) is 0 Å². The molecule has 1 saturated heterocycles. The van der Waals surface area contributed by atoms with Gasteiger partial charge in [-0.2, -0.15) is 0 Å². The van der Waals surface area contributed by atoms with Gasteiger partial charge in [-0.25, -0.2) is 0 Å². The van der Waals surface area contributed by atoms with Crippen LogP contribution in [-0.4, -0.2) is 49.6 Å². The minimum atomic E-state index is -0.315. The summed E-state index contributed by atoms with van der Waals surface area (Å²) < 4.78 is 0. The molecule has 4 nitrogen and oxygen atoms in total. The monoisotopic (exact) mass is 283 g/mol. The van der Waals surface area contributed by atoms with E-state index in [1.54, 1.807) is 0 Å². The Kier molecular flexibility index (Phi) is 6.96. The molecule has 0 spiro atoms. The molecule has 0 radical (unpaired) electrons. The molecular formula is C16H33N3O. The van der Waals surface area contributed by atoms with Crippen molar-refractivity contribution in [1.82, 2.24) is 15.5 Å². The van der Waals surface area contributed by atoms with Crippen molar-refractivity contribution in [1.29, 1.82) is 0 Å². The molecule has 1 amide bonds.